The SMILES string of the molecule is COc1cc(Cl)c(NC(=O)C(Cc2ccccc2)NS(=O)(=O)c2cccs2)c(OC)c1. The van der Waals surface area contributed by atoms with E-state index in [0.29, 0.717) is 5.75 Å². The monoisotopic (exact) mass is 480 g/mol. The normalized spacial score (nSPS) is 12.2. The molecular formula is C21H21ClN2O5S2. The van der Waals surface area contributed by atoms with Crippen LogP contribution in [0, 0.1) is 0 Å². The van der Waals surface area contributed by atoms with Crippen molar-refractivity contribution >= 4 is 44.6 Å². The molecule has 3 aromatic rings. The van der Waals surface area contributed by atoms with Gasteiger partial charge >= 0.3 is 0 Å². The summed E-state index contributed by atoms with van der Waals surface area (Å²) in [5.41, 5.74) is 1.02. The van der Waals surface area contributed by atoms with Crippen molar-refractivity contribution in [1.29, 1.82) is 0 Å². The highest BCUT2D eigenvalue weighted by Crippen LogP contribution is 2.37. The standard InChI is InChI=1S/C21H21ClN2O5S2/c1-28-15-12-16(22)20(18(13-15)29-2)23-21(25)17(11-14-7-4-3-5-8-14)24-31(26,27)19-9-6-10-30-19/h3-10,12-13,17,24H,11H2,1-2H3,(H,23,25). The molecule has 0 bridgehead atoms. The molecule has 7 nitrogen and oxygen atoms in total. The predicted octanol–water partition coefficient (Wildman–Crippen LogP) is 3.95. The fourth-order valence-electron chi connectivity index (χ4n) is 2.87. The Morgan fingerprint density at radius 1 is 1.10 bits per heavy atom. The Hall–Kier alpha value is -2.59. The molecule has 1 atom stereocenters. The molecule has 1 amide bonds. The number of nitrogens with one attached hydrogen (secondary N) is 2. The van der Waals surface area contributed by atoms with Crippen molar-refractivity contribution in [2.24, 2.45) is 0 Å². The highest BCUT2D eigenvalue weighted by molar-refractivity contribution is 7.91. The molecule has 0 aliphatic heterocycles. The van der Waals surface area contributed by atoms with E-state index in [1.165, 1.54) is 26.4 Å². The Kier molecular flexibility index (Phi) is 7.55. The van der Waals surface area contributed by atoms with Crippen LogP contribution in [0.3, 0.4) is 0 Å². The molecule has 31 heavy (non-hydrogen) atoms. The Balaban J connectivity index is 1.91. The van der Waals surface area contributed by atoms with Crippen molar-refractivity contribution < 1.29 is 22.7 Å². The average Bonchev–Trinajstić information content (AvgIpc) is 3.31. The second-order valence-corrected chi connectivity index (χ2v) is 9.77. The Labute approximate surface area is 190 Å². The summed E-state index contributed by atoms with van der Waals surface area (Å²) in [4.78, 5) is 13.2. The topological polar surface area (TPSA) is 93.7 Å². The number of amides is 1. The maximum atomic E-state index is 13.2. The number of benzene rings is 2. The molecule has 2 aromatic carbocycles. The smallest absolute Gasteiger partial charge is 0.250 e. The molecule has 2 N–H and O–H groups in total. The van der Waals surface area contributed by atoms with Crippen molar-refractivity contribution in [1.82, 2.24) is 4.72 Å². The van der Waals surface area contributed by atoms with Crippen LogP contribution in [0.25, 0.3) is 0 Å². The zero-order chi connectivity index (χ0) is 22.4. The Morgan fingerprint density at radius 2 is 1.84 bits per heavy atom. The van der Waals surface area contributed by atoms with Crippen molar-refractivity contribution in [3.05, 3.63) is 70.6 Å². The molecule has 0 saturated heterocycles. The predicted molar refractivity (Wildman–Crippen MR) is 122 cm³/mol. The average molecular weight is 481 g/mol. The van der Waals surface area contributed by atoms with Crippen LogP contribution < -0.4 is 19.5 Å². The first kappa shape index (κ1) is 23.1. The number of sulfonamides is 1. The summed E-state index contributed by atoms with van der Waals surface area (Å²) in [6, 6.07) is 14.3. The van der Waals surface area contributed by atoms with Gasteiger partial charge in [-0.05, 0) is 23.4 Å². The Morgan fingerprint density at radius 3 is 2.45 bits per heavy atom. The van der Waals surface area contributed by atoms with E-state index in [4.69, 9.17) is 21.1 Å². The van der Waals surface area contributed by atoms with Gasteiger partial charge in [-0.3, -0.25) is 4.79 Å². The number of carbonyl (C=O) groups excluding carboxylic acids is 1. The Bertz CT molecular complexity index is 1140. The lowest BCUT2D eigenvalue weighted by Gasteiger charge is -2.20. The van der Waals surface area contributed by atoms with Gasteiger partial charge in [-0.2, -0.15) is 4.72 Å². The molecule has 1 aromatic heterocycles. The second kappa shape index (κ2) is 10.1. The van der Waals surface area contributed by atoms with Gasteiger partial charge in [0.05, 0.1) is 19.2 Å². The summed E-state index contributed by atoms with van der Waals surface area (Å²) in [5.74, 6) is 0.172. The van der Waals surface area contributed by atoms with E-state index in [9.17, 15) is 13.2 Å². The van der Waals surface area contributed by atoms with Gasteiger partial charge in [-0.15, -0.1) is 11.3 Å². The summed E-state index contributed by atoms with van der Waals surface area (Å²) >= 11 is 7.37. The minimum absolute atomic E-state index is 0.124. The first-order chi connectivity index (χ1) is 14.8. The number of halogens is 1. The molecule has 1 heterocycles. The third-order valence-electron chi connectivity index (χ3n) is 4.39. The number of anilines is 1. The number of carbonyl (C=O) groups is 1. The summed E-state index contributed by atoms with van der Waals surface area (Å²) in [6.07, 6.45) is 0.146. The molecule has 0 aliphatic carbocycles. The zero-order valence-electron chi connectivity index (χ0n) is 16.8. The van der Waals surface area contributed by atoms with Crippen LogP contribution in [0.15, 0.2) is 64.2 Å². The lowest BCUT2D eigenvalue weighted by atomic mass is 10.1. The van der Waals surface area contributed by atoms with E-state index in [2.05, 4.69) is 10.0 Å². The molecule has 0 aliphatic rings. The third-order valence-corrected chi connectivity index (χ3v) is 7.56. The van der Waals surface area contributed by atoms with Crippen LogP contribution in [0.1, 0.15) is 5.56 Å². The minimum atomic E-state index is -3.89. The minimum Gasteiger partial charge on any atom is -0.497 e. The molecule has 0 spiro atoms. The summed E-state index contributed by atoms with van der Waals surface area (Å²) < 4.78 is 38.7. The number of methoxy groups -OCH3 is 2. The van der Waals surface area contributed by atoms with Gasteiger partial charge in [0.2, 0.25) is 5.91 Å². The van der Waals surface area contributed by atoms with E-state index in [1.54, 1.807) is 17.5 Å². The van der Waals surface area contributed by atoms with Crippen LogP contribution in [0.5, 0.6) is 11.5 Å². The van der Waals surface area contributed by atoms with Gasteiger partial charge in [0.25, 0.3) is 10.0 Å². The maximum absolute atomic E-state index is 13.2. The lowest BCUT2D eigenvalue weighted by Crippen LogP contribution is -2.45. The van der Waals surface area contributed by atoms with E-state index >= 15 is 0 Å². The van der Waals surface area contributed by atoms with Crippen LogP contribution in [-0.2, 0) is 21.2 Å². The van der Waals surface area contributed by atoms with Crippen LogP contribution in [0.2, 0.25) is 5.02 Å². The van der Waals surface area contributed by atoms with E-state index in [-0.39, 0.29) is 27.1 Å². The van der Waals surface area contributed by atoms with Crippen molar-refractivity contribution in [2.45, 2.75) is 16.7 Å². The summed E-state index contributed by atoms with van der Waals surface area (Å²) in [7, 11) is -0.970. The quantitative estimate of drug-likeness (QED) is 0.483. The van der Waals surface area contributed by atoms with Crippen LogP contribution in [-0.4, -0.2) is 34.6 Å². The number of ether oxygens (including phenoxy) is 2. The number of hydrogen-bond donors (Lipinski definition) is 2. The fourth-order valence-corrected chi connectivity index (χ4v) is 5.32. The van der Waals surface area contributed by atoms with E-state index in [0.717, 1.165) is 16.9 Å². The molecule has 0 saturated carbocycles. The highest BCUT2D eigenvalue weighted by atomic mass is 35.5. The van der Waals surface area contributed by atoms with E-state index in [1.807, 2.05) is 30.3 Å². The third kappa shape index (κ3) is 5.76. The molecule has 1 unspecified atom stereocenters. The number of rotatable bonds is 9. The zero-order valence-corrected chi connectivity index (χ0v) is 19.2. The summed E-state index contributed by atoms with van der Waals surface area (Å²) in [6.45, 7) is 0. The van der Waals surface area contributed by atoms with Gasteiger partial charge in [0.15, 0.2) is 0 Å². The van der Waals surface area contributed by atoms with Gasteiger partial charge in [-0.1, -0.05) is 48.0 Å². The van der Waals surface area contributed by atoms with Gasteiger partial charge in [0.1, 0.15) is 27.4 Å². The molecular weight excluding hydrogens is 460 g/mol. The van der Waals surface area contributed by atoms with Gasteiger partial charge in [0, 0.05) is 12.1 Å². The van der Waals surface area contributed by atoms with Crippen molar-refractivity contribution in [2.75, 3.05) is 19.5 Å². The molecule has 3 rings (SSSR count). The number of hydrogen-bond acceptors (Lipinski definition) is 6. The number of thiophene rings is 1. The molecule has 10 heteroatoms. The van der Waals surface area contributed by atoms with Crippen molar-refractivity contribution in [3.63, 3.8) is 0 Å². The molecule has 164 valence electrons. The maximum Gasteiger partial charge on any atom is 0.250 e. The fraction of sp³-hybridized carbons (Fsp3) is 0.190. The second-order valence-electron chi connectivity index (χ2n) is 6.47. The van der Waals surface area contributed by atoms with Crippen LogP contribution in [0.4, 0.5) is 5.69 Å². The highest BCUT2D eigenvalue weighted by Gasteiger charge is 2.28. The van der Waals surface area contributed by atoms with E-state index < -0.39 is 22.0 Å². The molecule has 0 radical (unpaired) electrons. The van der Waals surface area contributed by atoms with Gasteiger partial charge in [-0.25, -0.2) is 8.42 Å². The lowest BCUT2D eigenvalue weighted by molar-refractivity contribution is -0.117. The van der Waals surface area contributed by atoms with Crippen molar-refractivity contribution in [3.8, 4) is 11.5 Å². The first-order valence-corrected chi connectivity index (χ1v) is 11.9. The first-order valence-electron chi connectivity index (χ1n) is 9.16. The largest absolute Gasteiger partial charge is 0.497 e. The molecule has 0 fully saturated rings. The van der Waals surface area contributed by atoms with Gasteiger partial charge < -0.3 is 14.8 Å². The van der Waals surface area contributed by atoms with Crippen LogP contribution >= 0.6 is 22.9 Å². The summed E-state index contributed by atoms with van der Waals surface area (Å²) in [5, 5.41) is 4.55.